The van der Waals surface area contributed by atoms with E-state index in [2.05, 4.69) is 46.8 Å². The van der Waals surface area contributed by atoms with E-state index in [1.54, 1.807) is 7.11 Å². The van der Waals surface area contributed by atoms with E-state index in [0.717, 1.165) is 11.3 Å². The highest BCUT2D eigenvalue weighted by molar-refractivity contribution is 5.42. The molecule has 1 rings (SSSR count). The Bertz CT molecular complexity index is 381. The van der Waals surface area contributed by atoms with Crippen LogP contribution in [0.1, 0.15) is 51.7 Å². The Morgan fingerprint density at radius 3 is 2.18 bits per heavy atom. The zero-order valence-corrected chi connectivity index (χ0v) is 11.9. The van der Waals surface area contributed by atoms with E-state index in [9.17, 15) is 0 Å². The first-order valence-electron chi connectivity index (χ1n) is 6.28. The second kappa shape index (κ2) is 5.09. The van der Waals surface area contributed by atoms with E-state index >= 15 is 0 Å². The third-order valence-electron chi connectivity index (χ3n) is 3.67. The van der Waals surface area contributed by atoms with Crippen LogP contribution >= 0.6 is 0 Å². The van der Waals surface area contributed by atoms with Crippen LogP contribution in [0.3, 0.4) is 0 Å². The zero-order chi connectivity index (χ0) is 13.2. The number of rotatable bonds is 4. The largest absolute Gasteiger partial charge is 0.496 e. The van der Waals surface area contributed by atoms with Crippen LogP contribution in [0.2, 0.25) is 0 Å². The van der Waals surface area contributed by atoms with Gasteiger partial charge in [-0.15, -0.1) is 0 Å². The molecule has 0 heterocycles. The Kier molecular flexibility index (Phi) is 4.21. The van der Waals surface area contributed by atoms with Crippen molar-refractivity contribution in [3.05, 3.63) is 29.3 Å². The van der Waals surface area contributed by atoms with E-state index in [4.69, 9.17) is 10.5 Å². The molecule has 0 saturated heterocycles. The zero-order valence-electron chi connectivity index (χ0n) is 11.9. The van der Waals surface area contributed by atoms with Crippen molar-refractivity contribution in [1.29, 1.82) is 0 Å². The minimum absolute atomic E-state index is 0.360. The minimum Gasteiger partial charge on any atom is -0.496 e. The molecule has 17 heavy (non-hydrogen) atoms. The lowest BCUT2D eigenvalue weighted by Crippen LogP contribution is -2.39. The van der Waals surface area contributed by atoms with E-state index in [0.29, 0.717) is 11.8 Å². The Balaban J connectivity index is 3.33. The predicted molar refractivity (Wildman–Crippen MR) is 73.5 cm³/mol. The summed E-state index contributed by atoms with van der Waals surface area (Å²) in [6, 6.07) is 6.32. The third-order valence-corrected chi connectivity index (χ3v) is 3.67. The molecule has 0 aliphatic heterocycles. The highest BCUT2D eigenvalue weighted by atomic mass is 16.5. The van der Waals surface area contributed by atoms with Crippen molar-refractivity contribution in [2.75, 3.05) is 7.11 Å². The number of methoxy groups -OCH3 is 1. The van der Waals surface area contributed by atoms with Crippen molar-refractivity contribution in [2.45, 2.75) is 46.1 Å². The average molecular weight is 235 g/mol. The predicted octanol–water partition coefficient (Wildman–Crippen LogP) is 3.65. The van der Waals surface area contributed by atoms with Gasteiger partial charge < -0.3 is 10.5 Å². The number of hydrogen-bond donors (Lipinski definition) is 1. The molecule has 0 aliphatic carbocycles. The Hall–Kier alpha value is -1.02. The van der Waals surface area contributed by atoms with Gasteiger partial charge >= 0.3 is 0 Å². The minimum atomic E-state index is -0.365. The number of ether oxygens (including phenoxy) is 1. The molecule has 0 aromatic heterocycles. The second-order valence-corrected chi connectivity index (χ2v) is 5.55. The van der Waals surface area contributed by atoms with E-state index in [1.807, 2.05) is 6.07 Å². The van der Waals surface area contributed by atoms with Crippen molar-refractivity contribution in [3.8, 4) is 5.75 Å². The maximum atomic E-state index is 6.45. The summed E-state index contributed by atoms with van der Waals surface area (Å²) in [5.74, 6) is 1.74. The summed E-state index contributed by atoms with van der Waals surface area (Å²) in [6.45, 7) is 10.7. The van der Waals surface area contributed by atoms with Gasteiger partial charge in [-0.1, -0.05) is 33.8 Å². The van der Waals surface area contributed by atoms with Crippen LogP contribution in [0.5, 0.6) is 5.75 Å². The molecule has 1 aromatic rings. The number of nitrogens with two attached hydrogens (primary N) is 1. The summed E-state index contributed by atoms with van der Waals surface area (Å²) < 4.78 is 5.44. The van der Waals surface area contributed by atoms with Crippen LogP contribution in [-0.2, 0) is 5.54 Å². The quantitative estimate of drug-likeness (QED) is 0.864. The first kappa shape index (κ1) is 14.0. The van der Waals surface area contributed by atoms with Gasteiger partial charge in [0, 0.05) is 11.1 Å². The number of benzene rings is 1. The van der Waals surface area contributed by atoms with Crippen LogP contribution in [0.15, 0.2) is 18.2 Å². The lowest BCUT2D eigenvalue weighted by atomic mass is 9.81. The van der Waals surface area contributed by atoms with Crippen molar-refractivity contribution in [2.24, 2.45) is 11.7 Å². The summed E-state index contributed by atoms with van der Waals surface area (Å²) in [6.07, 6.45) is 0. The van der Waals surface area contributed by atoms with Crippen LogP contribution < -0.4 is 10.5 Å². The maximum absolute atomic E-state index is 6.45. The standard InChI is InChI=1S/C15H25NO/c1-10(2)12-7-8-14(17-6)13(9-12)15(5,16)11(3)4/h7-11H,16H2,1-6H3. The fourth-order valence-corrected chi connectivity index (χ4v) is 1.82. The average Bonchev–Trinajstić information content (AvgIpc) is 2.27. The fraction of sp³-hybridized carbons (Fsp3) is 0.600. The maximum Gasteiger partial charge on any atom is 0.123 e. The Morgan fingerprint density at radius 1 is 1.18 bits per heavy atom. The molecule has 0 aliphatic rings. The van der Waals surface area contributed by atoms with Crippen LogP contribution in [0.4, 0.5) is 0 Å². The summed E-state index contributed by atoms with van der Waals surface area (Å²) in [4.78, 5) is 0. The van der Waals surface area contributed by atoms with Gasteiger partial charge in [0.1, 0.15) is 5.75 Å². The Morgan fingerprint density at radius 2 is 1.76 bits per heavy atom. The van der Waals surface area contributed by atoms with Crippen molar-refractivity contribution in [3.63, 3.8) is 0 Å². The van der Waals surface area contributed by atoms with Crippen LogP contribution in [0.25, 0.3) is 0 Å². The molecule has 0 radical (unpaired) electrons. The summed E-state index contributed by atoms with van der Waals surface area (Å²) in [7, 11) is 1.70. The molecule has 0 spiro atoms. The molecule has 2 N–H and O–H groups in total. The van der Waals surface area contributed by atoms with Crippen LogP contribution in [0, 0.1) is 5.92 Å². The first-order chi connectivity index (χ1) is 7.80. The van der Waals surface area contributed by atoms with Gasteiger partial charge in [-0.2, -0.15) is 0 Å². The van der Waals surface area contributed by atoms with Gasteiger partial charge in [0.2, 0.25) is 0 Å². The molecule has 0 amide bonds. The first-order valence-corrected chi connectivity index (χ1v) is 6.28. The van der Waals surface area contributed by atoms with E-state index in [-0.39, 0.29) is 5.54 Å². The van der Waals surface area contributed by atoms with Gasteiger partial charge in [-0.3, -0.25) is 0 Å². The molecule has 0 fully saturated rings. The Labute approximate surface area is 105 Å². The monoisotopic (exact) mass is 235 g/mol. The molecule has 0 saturated carbocycles. The molecule has 0 bridgehead atoms. The fourth-order valence-electron chi connectivity index (χ4n) is 1.82. The molecule has 2 nitrogen and oxygen atoms in total. The normalized spacial score (nSPS) is 15.1. The lowest BCUT2D eigenvalue weighted by Gasteiger charge is -2.31. The SMILES string of the molecule is COc1ccc(C(C)C)cc1C(C)(N)C(C)C. The van der Waals surface area contributed by atoms with Gasteiger partial charge in [-0.05, 0) is 36.5 Å². The lowest BCUT2D eigenvalue weighted by molar-refractivity contribution is 0.326. The molecule has 1 aromatic carbocycles. The van der Waals surface area contributed by atoms with E-state index < -0.39 is 0 Å². The third kappa shape index (κ3) is 2.81. The van der Waals surface area contributed by atoms with Gasteiger partial charge in [-0.25, -0.2) is 0 Å². The molecule has 1 unspecified atom stereocenters. The van der Waals surface area contributed by atoms with Crippen molar-refractivity contribution < 1.29 is 4.74 Å². The molecule has 96 valence electrons. The summed E-state index contributed by atoms with van der Waals surface area (Å²) in [5.41, 5.74) is 8.48. The topological polar surface area (TPSA) is 35.2 Å². The highest BCUT2D eigenvalue weighted by Gasteiger charge is 2.29. The number of hydrogen-bond acceptors (Lipinski definition) is 2. The van der Waals surface area contributed by atoms with Gasteiger partial charge in [0.05, 0.1) is 7.11 Å². The second-order valence-electron chi connectivity index (χ2n) is 5.55. The molecule has 2 heteroatoms. The highest BCUT2D eigenvalue weighted by Crippen LogP contribution is 2.35. The summed E-state index contributed by atoms with van der Waals surface area (Å²) in [5, 5.41) is 0. The molecular formula is C15H25NO. The van der Waals surface area contributed by atoms with Gasteiger partial charge in [0.25, 0.3) is 0 Å². The molecular weight excluding hydrogens is 210 g/mol. The molecule has 1 atom stereocenters. The van der Waals surface area contributed by atoms with Crippen LogP contribution in [-0.4, -0.2) is 7.11 Å². The van der Waals surface area contributed by atoms with Gasteiger partial charge in [0.15, 0.2) is 0 Å². The van der Waals surface area contributed by atoms with Crippen molar-refractivity contribution >= 4 is 0 Å². The van der Waals surface area contributed by atoms with E-state index in [1.165, 1.54) is 5.56 Å². The smallest absolute Gasteiger partial charge is 0.123 e. The van der Waals surface area contributed by atoms with Crippen molar-refractivity contribution in [1.82, 2.24) is 0 Å². The summed E-state index contributed by atoms with van der Waals surface area (Å²) >= 11 is 0.